The summed E-state index contributed by atoms with van der Waals surface area (Å²) in [6, 6.07) is 1.85. The number of rotatable bonds is 3. The van der Waals surface area contributed by atoms with Crippen molar-refractivity contribution in [3.05, 3.63) is 39.6 Å². The molecule has 0 spiro atoms. The molecule has 104 valence electrons. The number of aromatic nitrogens is 2. The zero-order chi connectivity index (χ0) is 14.5. The Morgan fingerprint density at radius 3 is 3.05 bits per heavy atom. The lowest BCUT2D eigenvalue weighted by Gasteiger charge is -2.03. The molecule has 0 radical (unpaired) electrons. The smallest absolute Gasteiger partial charge is 0.261 e. The van der Waals surface area contributed by atoms with E-state index in [0.717, 1.165) is 16.3 Å². The van der Waals surface area contributed by atoms with E-state index in [4.69, 9.17) is 5.73 Å². The number of carbonyl (C=O) groups excluding carboxylic acids is 1. The van der Waals surface area contributed by atoms with Crippen LogP contribution in [0.25, 0.3) is 0 Å². The van der Waals surface area contributed by atoms with Crippen molar-refractivity contribution in [2.45, 2.75) is 13.5 Å². The van der Waals surface area contributed by atoms with E-state index in [2.05, 4.69) is 22.1 Å². The van der Waals surface area contributed by atoms with E-state index in [1.54, 1.807) is 6.20 Å². The van der Waals surface area contributed by atoms with Gasteiger partial charge in [0.25, 0.3) is 5.91 Å². The zero-order valence-corrected chi connectivity index (χ0v) is 12.3. The standard InChI is InChI=1S/C14H16N4OS/c1-10-8-12(20-11(10)4-3-5-15)14(19)17-9-13-16-6-7-18(13)2/h6-8H,5,9,15H2,1-2H3,(H,17,19). The molecule has 5 nitrogen and oxygen atoms in total. The Labute approximate surface area is 121 Å². The van der Waals surface area contributed by atoms with Crippen LogP contribution in [0, 0.1) is 18.8 Å². The molecule has 1 amide bonds. The summed E-state index contributed by atoms with van der Waals surface area (Å²) in [6.07, 6.45) is 3.55. The average Bonchev–Trinajstić information content (AvgIpc) is 3.00. The first-order valence-electron chi connectivity index (χ1n) is 6.15. The van der Waals surface area contributed by atoms with E-state index < -0.39 is 0 Å². The Morgan fingerprint density at radius 2 is 2.40 bits per heavy atom. The van der Waals surface area contributed by atoms with Crippen molar-refractivity contribution in [3.63, 3.8) is 0 Å². The lowest BCUT2D eigenvalue weighted by Crippen LogP contribution is -2.23. The molecule has 2 heterocycles. The number of hydrogen-bond donors (Lipinski definition) is 2. The van der Waals surface area contributed by atoms with Crippen LogP contribution >= 0.6 is 11.3 Å². The number of nitrogens with zero attached hydrogens (tertiary/aromatic N) is 2. The molecule has 2 aromatic rings. The summed E-state index contributed by atoms with van der Waals surface area (Å²) in [5.74, 6) is 6.48. The molecule has 0 aliphatic heterocycles. The third kappa shape index (κ3) is 3.26. The number of carbonyl (C=O) groups is 1. The molecular formula is C14H16N4OS. The van der Waals surface area contributed by atoms with Gasteiger partial charge in [-0.3, -0.25) is 4.79 Å². The summed E-state index contributed by atoms with van der Waals surface area (Å²) in [6.45, 7) is 2.66. The average molecular weight is 288 g/mol. The van der Waals surface area contributed by atoms with Crippen molar-refractivity contribution < 1.29 is 4.79 Å². The molecule has 0 aliphatic carbocycles. The number of nitrogens with one attached hydrogen (secondary N) is 1. The van der Waals surface area contributed by atoms with Gasteiger partial charge in [0.2, 0.25) is 0 Å². The fraction of sp³-hybridized carbons (Fsp3) is 0.286. The van der Waals surface area contributed by atoms with Gasteiger partial charge in [-0.25, -0.2) is 4.98 Å². The van der Waals surface area contributed by atoms with Gasteiger partial charge in [-0.1, -0.05) is 11.8 Å². The molecule has 0 saturated heterocycles. The highest BCUT2D eigenvalue weighted by Crippen LogP contribution is 2.20. The maximum Gasteiger partial charge on any atom is 0.261 e. The second-order valence-electron chi connectivity index (χ2n) is 4.27. The van der Waals surface area contributed by atoms with Gasteiger partial charge in [0.05, 0.1) is 22.8 Å². The number of imidazole rings is 1. The minimum Gasteiger partial charge on any atom is -0.344 e. The van der Waals surface area contributed by atoms with Gasteiger partial charge in [0.1, 0.15) is 5.82 Å². The molecule has 0 aromatic carbocycles. The number of hydrogen-bond acceptors (Lipinski definition) is 4. The van der Waals surface area contributed by atoms with Crippen molar-refractivity contribution >= 4 is 17.2 Å². The molecule has 0 saturated carbocycles. The third-order valence-electron chi connectivity index (χ3n) is 2.77. The highest BCUT2D eigenvalue weighted by molar-refractivity contribution is 7.14. The Bertz CT molecular complexity index is 675. The third-order valence-corrected chi connectivity index (χ3v) is 3.92. The van der Waals surface area contributed by atoms with Crippen molar-refractivity contribution in [1.82, 2.24) is 14.9 Å². The van der Waals surface area contributed by atoms with E-state index in [1.165, 1.54) is 11.3 Å². The molecule has 3 N–H and O–H groups in total. The molecular weight excluding hydrogens is 272 g/mol. The van der Waals surface area contributed by atoms with Crippen molar-refractivity contribution in [2.75, 3.05) is 6.54 Å². The minimum absolute atomic E-state index is 0.109. The first kappa shape index (κ1) is 14.3. The Kier molecular flexibility index (Phi) is 4.56. The van der Waals surface area contributed by atoms with Gasteiger partial charge in [0, 0.05) is 19.4 Å². The Balaban J connectivity index is 2.04. The van der Waals surface area contributed by atoms with Gasteiger partial charge in [-0.05, 0) is 18.6 Å². The molecule has 2 rings (SSSR count). The highest BCUT2D eigenvalue weighted by Gasteiger charge is 2.12. The molecule has 6 heteroatoms. The van der Waals surface area contributed by atoms with Crippen molar-refractivity contribution in [3.8, 4) is 11.8 Å². The number of amides is 1. The van der Waals surface area contributed by atoms with Gasteiger partial charge < -0.3 is 15.6 Å². The van der Waals surface area contributed by atoms with Gasteiger partial charge in [-0.2, -0.15) is 0 Å². The highest BCUT2D eigenvalue weighted by atomic mass is 32.1. The lowest BCUT2D eigenvalue weighted by atomic mass is 10.2. The van der Waals surface area contributed by atoms with Crippen LogP contribution in [-0.2, 0) is 13.6 Å². The largest absolute Gasteiger partial charge is 0.344 e. The van der Waals surface area contributed by atoms with Crippen LogP contribution in [0.15, 0.2) is 18.5 Å². The summed E-state index contributed by atoms with van der Waals surface area (Å²) in [4.78, 5) is 17.8. The molecule has 0 unspecified atom stereocenters. The fourth-order valence-electron chi connectivity index (χ4n) is 1.66. The topological polar surface area (TPSA) is 72.9 Å². The number of nitrogens with two attached hydrogens (primary N) is 1. The van der Waals surface area contributed by atoms with E-state index in [1.807, 2.05) is 30.8 Å². The second-order valence-corrected chi connectivity index (χ2v) is 5.32. The molecule has 20 heavy (non-hydrogen) atoms. The molecule has 0 bridgehead atoms. The van der Waals surface area contributed by atoms with Gasteiger partial charge in [0.15, 0.2) is 0 Å². The Morgan fingerprint density at radius 1 is 1.60 bits per heavy atom. The summed E-state index contributed by atoms with van der Waals surface area (Å²) in [5.41, 5.74) is 6.35. The van der Waals surface area contributed by atoms with Crippen molar-refractivity contribution in [1.29, 1.82) is 0 Å². The van der Waals surface area contributed by atoms with Crippen LogP contribution in [0.5, 0.6) is 0 Å². The molecule has 2 aromatic heterocycles. The monoisotopic (exact) mass is 288 g/mol. The summed E-state index contributed by atoms with van der Waals surface area (Å²) >= 11 is 1.38. The van der Waals surface area contributed by atoms with Crippen LogP contribution in [0.4, 0.5) is 0 Å². The summed E-state index contributed by atoms with van der Waals surface area (Å²) < 4.78 is 1.87. The molecule has 0 atom stereocenters. The van der Waals surface area contributed by atoms with Crippen molar-refractivity contribution in [2.24, 2.45) is 12.8 Å². The van der Waals surface area contributed by atoms with Crippen LogP contribution in [-0.4, -0.2) is 22.0 Å². The molecule has 0 aliphatic rings. The van der Waals surface area contributed by atoms with E-state index in [9.17, 15) is 4.79 Å². The Hall–Kier alpha value is -2.10. The van der Waals surface area contributed by atoms with Crippen LogP contribution in [0.3, 0.4) is 0 Å². The van der Waals surface area contributed by atoms with Crippen LogP contribution < -0.4 is 11.1 Å². The van der Waals surface area contributed by atoms with Crippen LogP contribution in [0.1, 0.15) is 25.9 Å². The van der Waals surface area contributed by atoms with E-state index in [0.29, 0.717) is 18.0 Å². The normalized spacial score (nSPS) is 9.95. The zero-order valence-electron chi connectivity index (χ0n) is 11.4. The first-order valence-corrected chi connectivity index (χ1v) is 6.97. The van der Waals surface area contributed by atoms with Crippen LogP contribution in [0.2, 0.25) is 0 Å². The number of thiophene rings is 1. The quantitative estimate of drug-likeness (QED) is 0.829. The first-order chi connectivity index (χ1) is 9.61. The van der Waals surface area contributed by atoms with Gasteiger partial charge in [-0.15, -0.1) is 11.3 Å². The molecule has 0 fully saturated rings. The van der Waals surface area contributed by atoms with Gasteiger partial charge >= 0.3 is 0 Å². The fourth-order valence-corrected chi connectivity index (χ4v) is 2.63. The predicted octanol–water partition coefficient (Wildman–Crippen LogP) is 1.03. The lowest BCUT2D eigenvalue weighted by molar-refractivity contribution is 0.0953. The van der Waals surface area contributed by atoms with E-state index in [-0.39, 0.29) is 5.91 Å². The van der Waals surface area contributed by atoms with E-state index >= 15 is 0 Å². The maximum atomic E-state index is 12.1. The summed E-state index contributed by atoms with van der Waals surface area (Å²) in [5, 5.41) is 2.85. The summed E-state index contributed by atoms with van der Waals surface area (Å²) in [7, 11) is 1.89. The predicted molar refractivity (Wildman–Crippen MR) is 79.4 cm³/mol. The number of aryl methyl sites for hydroxylation is 2. The second kappa shape index (κ2) is 6.37. The SMILES string of the molecule is Cc1cc(C(=O)NCc2nccn2C)sc1C#CCN. The maximum absolute atomic E-state index is 12.1. The minimum atomic E-state index is -0.109.